The van der Waals surface area contributed by atoms with Gasteiger partial charge in [0.2, 0.25) is 0 Å². The highest BCUT2D eigenvalue weighted by Gasteiger charge is 2.39. The SMILES string of the molecule is CCCC/C=C/C=C/[C@@H]1[C@@H](C/C=C\CCCC(=O)O)[C@@H](O)C[C@H]1O. The molecule has 1 saturated carbocycles. The molecular weight excluding hydrogens is 304 g/mol. The Hall–Kier alpha value is -1.39. The molecule has 1 aliphatic rings. The van der Waals surface area contributed by atoms with Crippen molar-refractivity contribution in [2.24, 2.45) is 11.8 Å². The van der Waals surface area contributed by atoms with Crippen LogP contribution in [-0.4, -0.2) is 33.5 Å². The molecule has 0 aromatic heterocycles. The van der Waals surface area contributed by atoms with Gasteiger partial charge < -0.3 is 15.3 Å². The average Bonchev–Trinajstić information content (AvgIpc) is 2.80. The Morgan fingerprint density at radius 2 is 1.79 bits per heavy atom. The smallest absolute Gasteiger partial charge is 0.303 e. The minimum atomic E-state index is -0.769. The average molecular weight is 336 g/mol. The first-order valence-corrected chi connectivity index (χ1v) is 9.12. The van der Waals surface area contributed by atoms with Crippen molar-refractivity contribution >= 4 is 5.97 Å². The van der Waals surface area contributed by atoms with Crippen molar-refractivity contribution in [1.29, 1.82) is 0 Å². The van der Waals surface area contributed by atoms with Crippen LogP contribution in [0.3, 0.4) is 0 Å². The molecule has 0 spiro atoms. The largest absolute Gasteiger partial charge is 0.481 e. The molecule has 136 valence electrons. The number of carbonyl (C=O) groups is 1. The zero-order valence-electron chi connectivity index (χ0n) is 14.7. The standard InChI is InChI=1S/C20H32O4/c1-2-3-4-5-6-9-12-16-17(19(22)15-18(16)21)13-10-7-8-11-14-20(23)24/h5-7,9-10,12,16-19,21-22H,2-4,8,11,13-15H2,1H3,(H,23,24)/b6-5+,10-7-,12-9+/t16-,17-,18-,19+/m1/s1. The lowest BCUT2D eigenvalue weighted by atomic mass is 9.90. The van der Waals surface area contributed by atoms with Crippen LogP contribution < -0.4 is 0 Å². The lowest BCUT2D eigenvalue weighted by Gasteiger charge is -2.18. The lowest BCUT2D eigenvalue weighted by molar-refractivity contribution is -0.137. The fraction of sp³-hybridized carbons (Fsp3) is 0.650. The summed E-state index contributed by atoms with van der Waals surface area (Å²) in [4.78, 5) is 10.4. The Labute approximate surface area is 145 Å². The van der Waals surface area contributed by atoms with Crippen LogP contribution in [0.2, 0.25) is 0 Å². The van der Waals surface area contributed by atoms with Gasteiger partial charge in [-0.2, -0.15) is 0 Å². The highest BCUT2D eigenvalue weighted by atomic mass is 16.4. The maximum absolute atomic E-state index is 10.4. The maximum Gasteiger partial charge on any atom is 0.303 e. The molecule has 0 amide bonds. The summed E-state index contributed by atoms with van der Waals surface area (Å²) in [7, 11) is 0. The highest BCUT2D eigenvalue weighted by molar-refractivity contribution is 5.66. The van der Waals surface area contributed by atoms with Crippen LogP contribution in [0.5, 0.6) is 0 Å². The summed E-state index contributed by atoms with van der Waals surface area (Å²) in [5, 5.41) is 28.9. The number of hydrogen-bond acceptors (Lipinski definition) is 3. The first-order valence-electron chi connectivity index (χ1n) is 9.12. The van der Waals surface area contributed by atoms with Gasteiger partial charge in [-0.15, -0.1) is 0 Å². The van der Waals surface area contributed by atoms with E-state index in [-0.39, 0.29) is 18.3 Å². The van der Waals surface area contributed by atoms with Crippen molar-refractivity contribution in [2.45, 2.75) is 70.5 Å². The van der Waals surface area contributed by atoms with Crippen LogP contribution in [0, 0.1) is 11.8 Å². The van der Waals surface area contributed by atoms with E-state index in [1.54, 1.807) is 0 Å². The molecule has 0 aliphatic heterocycles. The molecule has 1 rings (SSSR count). The Kier molecular flexibility index (Phi) is 10.4. The van der Waals surface area contributed by atoms with E-state index >= 15 is 0 Å². The molecule has 1 fully saturated rings. The van der Waals surface area contributed by atoms with Gasteiger partial charge in [-0.1, -0.05) is 56.2 Å². The van der Waals surface area contributed by atoms with Gasteiger partial charge in [0.1, 0.15) is 0 Å². The number of carboxylic acid groups (broad SMARTS) is 1. The Bertz CT molecular complexity index is 439. The molecule has 1 aliphatic carbocycles. The topological polar surface area (TPSA) is 77.8 Å². The van der Waals surface area contributed by atoms with Crippen molar-refractivity contribution in [2.75, 3.05) is 0 Å². The van der Waals surface area contributed by atoms with Gasteiger partial charge in [0.15, 0.2) is 0 Å². The molecule has 0 aromatic rings. The van der Waals surface area contributed by atoms with Crippen molar-refractivity contribution in [3.05, 3.63) is 36.5 Å². The third-order valence-corrected chi connectivity index (χ3v) is 4.56. The minimum Gasteiger partial charge on any atom is -0.481 e. The van der Waals surface area contributed by atoms with Crippen LogP contribution >= 0.6 is 0 Å². The molecule has 3 N–H and O–H groups in total. The molecule has 0 bridgehead atoms. The van der Waals surface area contributed by atoms with Gasteiger partial charge in [0, 0.05) is 18.8 Å². The zero-order valence-corrected chi connectivity index (χ0v) is 14.7. The molecule has 4 atom stereocenters. The Morgan fingerprint density at radius 1 is 1.04 bits per heavy atom. The summed E-state index contributed by atoms with van der Waals surface area (Å²) < 4.78 is 0. The number of aliphatic carboxylic acids is 1. The predicted octanol–water partition coefficient (Wildman–Crippen LogP) is 3.85. The van der Waals surface area contributed by atoms with Gasteiger partial charge in [0.25, 0.3) is 0 Å². The second-order valence-corrected chi connectivity index (χ2v) is 6.56. The minimum absolute atomic E-state index is 0.0241. The van der Waals surface area contributed by atoms with E-state index in [4.69, 9.17) is 5.11 Å². The van der Waals surface area contributed by atoms with Crippen LogP contribution in [0.4, 0.5) is 0 Å². The molecule has 0 aromatic carbocycles. The van der Waals surface area contributed by atoms with E-state index < -0.39 is 18.2 Å². The number of hydrogen-bond donors (Lipinski definition) is 3. The maximum atomic E-state index is 10.4. The van der Waals surface area contributed by atoms with E-state index in [9.17, 15) is 15.0 Å². The van der Waals surface area contributed by atoms with Crippen LogP contribution in [0.1, 0.15) is 58.3 Å². The molecule has 4 nitrogen and oxygen atoms in total. The first-order chi connectivity index (χ1) is 11.6. The van der Waals surface area contributed by atoms with E-state index in [0.717, 1.165) is 12.8 Å². The molecule has 4 heteroatoms. The molecule has 0 heterocycles. The number of unbranched alkanes of at least 4 members (excludes halogenated alkanes) is 3. The second-order valence-electron chi connectivity index (χ2n) is 6.56. The third kappa shape index (κ3) is 7.93. The van der Waals surface area contributed by atoms with Crippen LogP contribution in [-0.2, 0) is 4.79 Å². The quantitative estimate of drug-likeness (QED) is 0.304. The van der Waals surface area contributed by atoms with Gasteiger partial charge in [-0.25, -0.2) is 0 Å². The fourth-order valence-corrected chi connectivity index (χ4v) is 3.14. The lowest BCUT2D eigenvalue weighted by Crippen LogP contribution is -2.19. The summed E-state index contributed by atoms with van der Waals surface area (Å²) in [6.45, 7) is 2.17. The molecule has 0 radical (unpaired) electrons. The third-order valence-electron chi connectivity index (χ3n) is 4.56. The molecule has 0 unspecified atom stereocenters. The zero-order chi connectivity index (χ0) is 17.8. The van der Waals surface area contributed by atoms with E-state index in [2.05, 4.69) is 13.0 Å². The van der Waals surface area contributed by atoms with Gasteiger partial charge >= 0.3 is 5.97 Å². The molecule has 0 saturated heterocycles. The summed E-state index contributed by atoms with van der Waals surface area (Å²) in [5.41, 5.74) is 0. The van der Waals surface area contributed by atoms with Crippen LogP contribution in [0.25, 0.3) is 0 Å². The Balaban J connectivity index is 2.44. The van der Waals surface area contributed by atoms with Gasteiger partial charge in [-0.3, -0.25) is 4.79 Å². The van der Waals surface area contributed by atoms with Crippen molar-refractivity contribution in [3.8, 4) is 0 Å². The van der Waals surface area contributed by atoms with E-state index in [1.165, 1.54) is 12.8 Å². The molecule has 24 heavy (non-hydrogen) atoms. The number of allylic oxidation sites excluding steroid dienone is 5. The highest BCUT2D eigenvalue weighted by Crippen LogP contribution is 2.36. The summed E-state index contributed by atoms with van der Waals surface area (Å²) in [5.74, 6) is -0.773. The first kappa shape index (κ1) is 20.7. The Morgan fingerprint density at radius 3 is 2.50 bits per heavy atom. The van der Waals surface area contributed by atoms with Gasteiger partial charge in [0.05, 0.1) is 12.2 Å². The number of carboxylic acids is 1. The molecular formula is C20H32O4. The van der Waals surface area contributed by atoms with Crippen molar-refractivity contribution in [1.82, 2.24) is 0 Å². The van der Waals surface area contributed by atoms with Crippen molar-refractivity contribution in [3.63, 3.8) is 0 Å². The number of rotatable bonds is 11. The monoisotopic (exact) mass is 336 g/mol. The van der Waals surface area contributed by atoms with Crippen molar-refractivity contribution < 1.29 is 20.1 Å². The fourth-order valence-electron chi connectivity index (χ4n) is 3.14. The number of aliphatic hydroxyl groups excluding tert-OH is 2. The normalized spacial score (nSPS) is 27.8. The summed E-state index contributed by atoms with van der Waals surface area (Å²) in [6, 6.07) is 0. The van der Waals surface area contributed by atoms with E-state index in [0.29, 0.717) is 19.3 Å². The van der Waals surface area contributed by atoms with Crippen LogP contribution in [0.15, 0.2) is 36.5 Å². The van der Waals surface area contributed by atoms with Gasteiger partial charge in [-0.05, 0) is 31.6 Å². The van der Waals surface area contributed by atoms with E-state index in [1.807, 2.05) is 30.4 Å². The summed E-state index contributed by atoms with van der Waals surface area (Å²) >= 11 is 0. The number of aliphatic hydroxyl groups is 2. The predicted molar refractivity (Wildman–Crippen MR) is 96.7 cm³/mol. The summed E-state index contributed by atoms with van der Waals surface area (Å²) in [6.07, 6.45) is 17.3. The second kappa shape index (κ2) is 12.0.